The fourth-order valence-corrected chi connectivity index (χ4v) is 3.88. The number of hydrogen-bond donors (Lipinski definition) is 2. The van der Waals surface area contributed by atoms with Gasteiger partial charge in [0.1, 0.15) is 0 Å². The molecule has 0 spiro atoms. The molecule has 1 amide bonds. The van der Waals surface area contributed by atoms with Gasteiger partial charge in [0.25, 0.3) is 0 Å². The van der Waals surface area contributed by atoms with Crippen LogP contribution in [0.2, 0.25) is 0 Å². The molecule has 0 bridgehead atoms. The number of carbonyl (C=O) groups excluding carboxylic acids is 1. The Hall–Kier alpha value is -1.00. The molecular weight excluding hydrogens is 256 g/mol. The zero-order chi connectivity index (χ0) is 13.7. The van der Waals surface area contributed by atoms with Crippen LogP contribution in [0.15, 0.2) is 29.2 Å². The van der Waals surface area contributed by atoms with Crippen molar-refractivity contribution in [2.75, 3.05) is 13.1 Å². The van der Waals surface area contributed by atoms with E-state index in [1.807, 2.05) is 0 Å². The van der Waals surface area contributed by atoms with Crippen molar-refractivity contribution < 1.29 is 4.79 Å². The first-order chi connectivity index (χ1) is 9.16. The first-order valence-corrected chi connectivity index (χ1v) is 7.72. The van der Waals surface area contributed by atoms with Crippen molar-refractivity contribution in [2.45, 2.75) is 42.2 Å². The maximum absolute atomic E-state index is 12.4. The highest BCUT2D eigenvalue weighted by atomic mass is 32.2. The van der Waals surface area contributed by atoms with Gasteiger partial charge < -0.3 is 11.1 Å². The predicted molar refractivity (Wildman–Crippen MR) is 80.3 cm³/mol. The molecule has 1 aromatic carbocycles. The summed E-state index contributed by atoms with van der Waals surface area (Å²) in [4.78, 5) is 13.6. The summed E-state index contributed by atoms with van der Waals surface area (Å²) in [5, 5.41) is 2.96. The number of nitrogens with one attached hydrogen (secondary N) is 1. The Labute approximate surface area is 119 Å². The van der Waals surface area contributed by atoms with Crippen molar-refractivity contribution in [3.63, 3.8) is 0 Å². The third-order valence-corrected chi connectivity index (χ3v) is 5.08. The Morgan fingerprint density at radius 2 is 1.95 bits per heavy atom. The first-order valence-electron chi connectivity index (χ1n) is 6.90. The zero-order valence-electron chi connectivity index (χ0n) is 11.4. The van der Waals surface area contributed by atoms with Crippen molar-refractivity contribution in [3.8, 4) is 0 Å². The molecule has 1 fully saturated rings. The minimum atomic E-state index is -0.287. The summed E-state index contributed by atoms with van der Waals surface area (Å²) in [6, 6.07) is 8.41. The highest BCUT2D eigenvalue weighted by molar-refractivity contribution is 8.01. The molecule has 3 N–H and O–H groups in total. The van der Waals surface area contributed by atoms with Gasteiger partial charge in [-0.3, -0.25) is 4.79 Å². The van der Waals surface area contributed by atoms with Gasteiger partial charge in [-0.15, -0.1) is 11.8 Å². The third-order valence-electron chi connectivity index (χ3n) is 3.59. The maximum atomic E-state index is 12.4. The summed E-state index contributed by atoms with van der Waals surface area (Å²) in [6.45, 7) is 3.14. The van der Waals surface area contributed by atoms with E-state index in [2.05, 4.69) is 36.5 Å². The van der Waals surface area contributed by atoms with Crippen LogP contribution in [-0.4, -0.2) is 23.7 Å². The second kappa shape index (κ2) is 6.44. The molecule has 0 atom stereocenters. The van der Waals surface area contributed by atoms with Crippen LogP contribution in [0, 0.1) is 6.92 Å². The second-order valence-corrected chi connectivity index (χ2v) is 6.62. The summed E-state index contributed by atoms with van der Waals surface area (Å²) < 4.78 is -0.287. The van der Waals surface area contributed by atoms with Crippen molar-refractivity contribution in [2.24, 2.45) is 5.73 Å². The van der Waals surface area contributed by atoms with Crippen LogP contribution in [0.3, 0.4) is 0 Å². The fourth-order valence-electron chi connectivity index (χ4n) is 2.50. The van der Waals surface area contributed by atoms with E-state index in [1.165, 1.54) is 10.5 Å². The largest absolute Gasteiger partial charge is 0.354 e. The van der Waals surface area contributed by atoms with Gasteiger partial charge in [-0.25, -0.2) is 0 Å². The van der Waals surface area contributed by atoms with Gasteiger partial charge >= 0.3 is 0 Å². The van der Waals surface area contributed by atoms with Crippen LogP contribution in [-0.2, 0) is 4.79 Å². The minimum absolute atomic E-state index is 0.154. The monoisotopic (exact) mass is 278 g/mol. The normalized spacial score (nSPS) is 17.4. The second-order valence-electron chi connectivity index (χ2n) is 5.16. The number of carbonyl (C=O) groups is 1. The molecule has 19 heavy (non-hydrogen) atoms. The van der Waals surface area contributed by atoms with Crippen molar-refractivity contribution in [1.82, 2.24) is 5.32 Å². The minimum Gasteiger partial charge on any atom is -0.354 e. The standard InChI is InChI=1S/C15H22N2OS/c1-12-4-6-13(7-5-12)19-15(8-2-3-9-15)14(18)17-11-10-16/h4-7H,2-3,8-11,16H2,1H3,(H,17,18). The van der Waals surface area contributed by atoms with Gasteiger partial charge in [0.15, 0.2) is 0 Å². The molecular formula is C15H22N2OS. The molecule has 4 heteroatoms. The molecule has 0 unspecified atom stereocenters. The molecule has 0 radical (unpaired) electrons. The van der Waals surface area contributed by atoms with Gasteiger partial charge in [-0.05, 0) is 31.9 Å². The Kier molecular flexibility index (Phi) is 4.88. The average molecular weight is 278 g/mol. The molecule has 3 nitrogen and oxygen atoms in total. The average Bonchev–Trinajstić information content (AvgIpc) is 2.88. The lowest BCUT2D eigenvalue weighted by Gasteiger charge is -2.27. The summed E-state index contributed by atoms with van der Waals surface area (Å²) in [6.07, 6.45) is 4.19. The van der Waals surface area contributed by atoms with Gasteiger partial charge in [-0.2, -0.15) is 0 Å². The third kappa shape index (κ3) is 3.51. The first kappa shape index (κ1) is 14.4. The number of benzene rings is 1. The number of aryl methyl sites for hydroxylation is 1. The van der Waals surface area contributed by atoms with Gasteiger partial charge in [-0.1, -0.05) is 30.5 Å². The summed E-state index contributed by atoms with van der Waals surface area (Å²) in [5.74, 6) is 0.154. The highest BCUT2D eigenvalue weighted by Crippen LogP contribution is 2.45. The number of rotatable bonds is 5. The smallest absolute Gasteiger partial charge is 0.236 e. The Morgan fingerprint density at radius 3 is 2.53 bits per heavy atom. The van der Waals surface area contributed by atoms with E-state index in [0.717, 1.165) is 25.7 Å². The van der Waals surface area contributed by atoms with Gasteiger partial charge in [0.05, 0.1) is 4.75 Å². The van der Waals surface area contributed by atoms with E-state index in [4.69, 9.17) is 5.73 Å². The Bertz CT molecular complexity index is 424. The van der Waals surface area contributed by atoms with E-state index < -0.39 is 0 Å². The van der Waals surface area contributed by atoms with Crippen LogP contribution in [0.1, 0.15) is 31.2 Å². The number of nitrogens with two attached hydrogens (primary N) is 1. The summed E-state index contributed by atoms with van der Waals surface area (Å²) in [7, 11) is 0. The molecule has 1 saturated carbocycles. The van der Waals surface area contributed by atoms with Gasteiger partial charge in [0, 0.05) is 18.0 Å². The van der Waals surface area contributed by atoms with E-state index >= 15 is 0 Å². The molecule has 1 aliphatic rings. The summed E-state index contributed by atoms with van der Waals surface area (Å²) in [5.41, 5.74) is 6.71. The molecule has 1 aliphatic carbocycles. The quantitative estimate of drug-likeness (QED) is 0.870. The maximum Gasteiger partial charge on any atom is 0.236 e. The SMILES string of the molecule is Cc1ccc(SC2(C(=O)NCCN)CCCC2)cc1. The summed E-state index contributed by atoms with van der Waals surface area (Å²) >= 11 is 1.71. The number of amides is 1. The lowest BCUT2D eigenvalue weighted by atomic mass is 10.1. The van der Waals surface area contributed by atoms with Crippen molar-refractivity contribution >= 4 is 17.7 Å². The van der Waals surface area contributed by atoms with Crippen LogP contribution >= 0.6 is 11.8 Å². The van der Waals surface area contributed by atoms with E-state index in [1.54, 1.807) is 11.8 Å². The molecule has 104 valence electrons. The molecule has 0 aliphatic heterocycles. The molecule has 0 heterocycles. The van der Waals surface area contributed by atoms with Crippen LogP contribution in [0.25, 0.3) is 0 Å². The number of thioether (sulfide) groups is 1. The topological polar surface area (TPSA) is 55.1 Å². The van der Waals surface area contributed by atoms with Crippen LogP contribution in [0.5, 0.6) is 0 Å². The van der Waals surface area contributed by atoms with E-state index in [0.29, 0.717) is 13.1 Å². The van der Waals surface area contributed by atoms with Gasteiger partial charge in [0.2, 0.25) is 5.91 Å². The Balaban J connectivity index is 2.10. The predicted octanol–water partition coefficient (Wildman–Crippen LogP) is 2.47. The van der Waals surface area contributed by atoms with E-state index in [-0.39, 0.29) is 10.7 Å². The van der Waals surface area contributed by atoms with Crippen molar-refractivity contribution in [1.29, 1.82) is 0 Å². The number of hydrogen-bond acceptors (Lipinski definition) is 3. The molecule has 0 saturated heterocycles. The molecule has 1 aromatic rings. The van der Waals surface area contributed by atoms with E-state index in [9.17, 15) is 4.79 Å². The molecule has 2 rings (SSSR count). The fraction of sp³-hybridized carbons (Fsp3) is 0.533. The highest BCUT2D eigenvalue weighted by Gasteiger charge is 2.41. The zero-order valence-corrected chi connectivity index (χ0v) is 12.3. The van der Waals surface area contributed by atoms with Crippen LogP contribution in [0.4, 0.5) is 0 Å². The van der Waals surface area contributed by atoms with Crippen molar-refractivity contribution in [3.05, 3.63) is 29.8 Å². The lowest BCUT2D eigenvalue weighted by molar-refractivity contribution is -0.123. The lowest BCUT2D eigenvalue weighted by Crippen LogP contribution is -2.44. The van der Waals surface area contributed by atoms with Crippen LogP contribution < -0.4 is 11.1 Å². The Morgan fingerprint density at radius 1 is 1.32 bits per heavy atom. The molecule has 0 aromatic heterocycles.